The highest BCUT2D eigenvalue weighted by Gasteiger charge is 2.14. The van der Waals surface area contributed by atoms with Gasteiger partial charge in [-0.15, -0.1) is 0 Å². The summed E-state index contributed by atoms with van der Waals surface area (Å²) in [6, 6.07) is 4.38. The topological polar surface area (TPSA) is 55.4 Å². The molecule has 0 unspecified atom stereocenters. The Balaban J connectivity index is 2.86. The molecule has 7 heteroatoms. The summed E-state index contributed by atoms with van der Waals surface area (Å²) in [6.45, 7) is 1.95. The number of halogens is 3. The van der Waals surface area contributed by atoms with Crippen LogP contribution in [0, 0.1) is 0 Å². The van der Waals surface area contributed by atoms with E-state index in [-0.39, 0.29) is 17.2 Å². The second kappa shape index (κ2) is 6.83. The fraction of sp³-hybridized carbons (Fsp3) is 0.273. The molecule has 1 rings (SSSR count). The van der Waals surface area contributed by atoms with E-state index in [0.717, 1.165) is 0 Å². The third kappa shape index (κ3) is 4.05. The van der Waals surface area contributed by atoms with Crippen LogP contribution in [0.4, 0.5) is 5.69 Å². The van der Waals surface area contributed by atoms with Crippen LogP contribution in [-0.2, 0) is 9.53 Å². The quantitative estimate of drug-likeness (QED) is 0.686. The van der Waals surface area contributed by atoms with E-state index in [0.29, 0.717) is 5.69 Å². The van der Waals surface area contributed by atoms with Crippen LogP contribution in [0.3, 0.4) is 0 Å². The normalized spacial score (nSPS) is 10.3. The van der Waals surface area contributed by atoms with E-state index < -0.39 is 16.7 Å². The number of hydrogen-bond donors (Lipinski definition) is 1. The lowest BCUT2D eigenvalue weighted by Crippen LogP contribution is -2.18. The average Bonchev–Trinajstić information content (AvgIpc) is 2.29. The Bertz CT molecular complexity index is 463. The number of rotatable bonds is 4. The minimum absolute atomic E-state index is 0.173. The van der Waals surface area contributed by atoms with Gasteiger partial charge in [-0.1, -0.05) is 34.8 Å². The maximum atomic E-state index is 11.5. The zero-order valence-corrected chi connectivity index (χ0v) is 11.6. The third-order valence-electron chi connectivity index (χ3n) is 1.93. The number of carbonyl (C=O) groups excluding carboxylic acids is 2. The van der Waals surface area contributed by atoms with Gasteiger partial charge in [0, 0.05) is 5.69 Å². The lowest BCUT2D eigenvalue weighted by atomic mass is 10.2. The Morgan fingerprint density at radius 1 is 1.39 bits per heavy atom. The Kier molecular flexibility index (Phi) is 5.72. The van der Waals surface area contributed by atoms with Crippen LogP contribution < -0.4 is 5.32 Å². The molecule has 98 valence electrons. The van der Waals surface area contributed by atoms with Crippen LogP contribution in [0.25, 0.3) is 0 Å². The summed E-state index contributed by atoms with van der Waals surface area (Å²) in [5, 5.41) is 2.61. The standard InChI is InChI=1S/C11H10Cl3NO3/c1-2-18-11(17)7-4-3-6(5-8(7)12)15-10(16)9(13)14/h3-5,9H,2H2,1H3,(H,15,16). The van der Waals surface area contributed by atoms with Gasteiger partial charge in [0.2, 0.25) is 0 Å². The summed E-state index contributed by atoms with van der Waals surface area (Å²) >= 11 is 16.7. The van der Waals surface area contributed by atoms with Gasteiger partial charge in [0.05, 0.1) is 17.2 Å². The van der Waals surface area contributed by atoms with Gasteiger partial charge in [0.15, 0.2) is 4.84 Å². The monoisotopic (exact) mass is 309 g/mol. The summed E-state index contributed by atoms with van der Waals surface area (Å²) in [4.78, 5) is 21.5. The number of anilines is 1. The van der Waals surface area contributed by atoms with Gasteiger partial charge in [-0.2, -0.15) is 0 Å². The van der Waals surface area contributed by atoms with Crippen molar-refractivity contribution in [3.8, 4) is 0 Å². The number of nitrogens with one attached hydrogen (secondary N) is 1. The van der Waals surface area contributed by atoms with Crippen molar-refractivity contribution in [3.63, 3.8) is 0 Å². The lowest BCUT2D eigenvalue weighted by Gasteiger charge is -2.08. The molecular formula is C11H10Cl3NO3. The molecule has 0 aliphatic carbocycles. The molecule has 1 aromatic carbocycles. The summed E-state index contributed by atoms with van der Waals surface area (Å²) in [5.74, 6) is -1.09. The van der Waals surface area contributed by atoms with E-state index in [1.165, 1.54) is 18.2 Å². The van der Waals surface area contributed by atoms with E-state index >= 15 is 0 Å². The van der Waals surface area contributed by atoms with Gasteiger partial charge in [-0.3, -0.25) is 4.79 Å². The van der Waals surface area contributed by atoms with E-state index in [1.54, 1.807) is 6.92 Å². The molecule has 0 saturated heterocycles. The van der Waals surface area contributed by atoms with E-state index in [4.69, 9.17) is 39.5 Å². The molecule has 0 bridgehead atoms. The van der Waals surface area contributed by atoms with Crippen LogP contribution in [0.15, 0.2) is 18.2 Å². The Morgan fingerprint density at radius 3 is 2.56 bits per heavy atom. The summed E-state index contributed by atoms with van der Waals surface area (Å²) in [5.41, 5.74) is 0.620. The number of amides is 1. The van der Waals surface area contributed by atoms with Crippen LogP contribution in [-0.4, -0.2) is 23.3 Å². The largest absolute Gasteiger partial charge is 0.462 e. The first kappa shape index (κ1) is 15.1. The van der Waals surface area contributed by atoms with E-state index in [1.807, 2.05) is 0 Å². The third-order valence-corrected chi connectivity index (χ3v) is 2.64. The Morgan fingerprint density at radius 2 is 2.06 bits per heavy atom. The molecule has 1 N–H and O–H groups in total. The number of carbonyl (C=O) groups is 2. The zero-order valence-electron chi connectivity index (χ0n) is 9.38. The molecule has 0 aliphatic rings. The number of alkyl halides is 2. The molecule has 0 heterocycles. The lowest BCUT2D eigenvalue weighted by molar-refractivity contribution is -0.114. The maximum Gasteiger partial charge on any atom is 0.339 e. The molecule has 18 heavy (non-hydrogen) atoms. The first-order chi connectivity index (χ1) is 8.45. The molecule has 0 radical (unpaired) electrons. The Hall–Kier alpha value is -0.970. The molecule has 0 fully saturated rings. The molecule has 0 spiro atoms. The van der Waals surface area contributed by atoms with Crippen molar-refractivity contribution in [2.45, 2.75) is 11.8 Å². The van der Waals surface area contributed by atoms with Crippen molar-refractivity contribution in [1.82, 2.24) is 0 Å². The summed E-state index contributed by atoms with van der Waals surface area (Å²) < 4.78 is 4.82. The predicted molar refractivity (Wildman–Crippen MR) is 71.5 cm³/mol. The number of ether oxygens (including phenoxy) is 1. The van der Waals surface area contributed by atoms with Crippen LogP contribution in [0.5, 0.6) is 0 Å². The van der Waals surface area contributed by atoms with Crippen molar-refractivity contribution in [1.29, 1.82) is 0 Å². The zero-order chi connectivity index (χ0) is 13.7. The predicted octanol–water partition coefficient (Wildman–Crippen LogP) is 3.26. The maximum absolute atomic E-state index is 11.5. The molecule has 4 nitrogen and oxygen atoms in total. The van der Waals surface area contributed by atoms with Crippen LogP contribution in [0.1, 0.15) is 17.3 Å². The first-order valence-electron chi connectivity index (χ1n) is 5.01. The molecule has 1 amide bonds. The average molecular weight is 311 g/mol. The van der Waals surface area contributed by atoms with Crippen molar-refractivity contribution in [3.05, 3.63) is 28.8 Å². The first-order valence-corrected chi connectivity index (χ1v) is 6.26. The van der Waals surface area contributed by atoms with Gasteiger partial charge in [-0.05, 0) is 25.1 Å². The highest BCUT2D eigenvalue weighted by Crippen LogP contribution is 2.22. The highest BCUT2D eigenvalue weighted by atomic mass is 35.5. The van der Waals surface area contributed by atoms with Crippen molar-refractivity contribution < 1.29 is 14.3 Å². The summed E-state index contributed by atoms with van der Waals surface area (Å²) in [7, 11) is 0. The van der Waals surface area contributed by atoms with Crippen molar-refractivity contribution >= 4 is 52.4 Å². The van der Waals surface area contributed by atoms with Gasteiger partial charge in [0.1, 0.15) is 0 Å². The summed E-state index contributed by atoms with van der Waals surface area (Å²) in [6.07, 6.45) is 0. The molecule has 0 aliphatic heterocycles. The smallest absolute Gasteiger partial charge is 0.339 e. The second-order valence-corrected chi connectivity index (χ2v) is 4.71. The number of benzene rings is 1. The SMILES string of the molecule is CCOC(=O)c1ccc(NC(=O)C(Cl)Cl)cc1Cl. The Labute approximate surface area is 119 Å². The molecule has 0 aromatic heterocycles. The van der Waals surface area contributed by atoms with Crippen LogP contribution in [0.2, 0.25) is 5.02 Å². The van der Waals surface area contributed by atoms with Gasteiger partial charge >= 0.3 is 5.97 Å². The van der Waals surface area contributed by atoms with Gasteiger partial charge in [-0.25, -0.2) is 4.79 Å². The van der Waals surface area contributed by atoms with E-state index in [2.05, 4.69) is 5.32 Å². The molecular weight excluding hydrogens is 300 g/mol. The number of hydrogen-bond acceptors (Lipinski definition) is 3. The highest BCUT2D eigenvalue weighted by molar-refractivity contribution is 6.54. The van der Waals surface area contributed by atoms with Gasteiger partial charge in [0.25, 0.3) is 5.91 Å². The second-order valence-electron chi connectivity index (χ2n) is 3.21. The van der Waals surface area contributed by atoms with Crippen LogP contribution >= 0.6 is 34.8 Å². The molecule has 0 atom stereocenters. The molecule has 1 aromatic rings. The fourth-order valence-corrected chi connectivity index (χ4v) is 1.53. The minimum Gasteiger partial charge on any atom is -0.462 e. The van der Waals surface area contributed by atoms with Crippen molar-refractivity contribution in [2.24, 2.45) is 0 Å². The van der Waals surface area contributed by atoms with Crippen molar-refractivity contribution in [2.75, 3.05) is 11.9 Å². The minimum atomic E-state index is -1.17. The fourth-order valence-electron chi connectivity index (χ4n) is 1.16. The van der Waals surface area contributed by atoms with E-state index in [9.17, 15) is 9.59 Å². The van der Waals surface area contributed by atoms with Gasteiger partial charge < -0.3 is 10.1 Å². The molecule has 0 saturated carbocycles. The number of esters is 1.